The van der Waals surface area contributed by atoms with Gasteiger partial charge >= 0.3 is 6.18 Å². The van der Waals surface area contributed by atoms with Gasteiger partial charge in [-0.15, -0.1) is 0 Å². The van der Waals surface area contributed by atoms with Crippen LogP contribution in [-0.2, 0) is 6.18 Å². The van der Waals surface area contributed by atoms with Crippen molar-refractivity contribution in [1.82, 2.24) is 4.98 Å². The van der Waals surface area contributed by atoms with Gasteiger partial charge < -0.3 is 4.98 Å². The zero-order valence-corrected chi connectivity index (χ0v) is 9.83. The van der Waals surface area contributed by atoms with E-state index in [1.54, 1.807) is 12.1 Å². The van der Waals surface area contributed by atoms with Crippen LogP contribution >= 0.6 is 0 Å². The molecular formula is C15H10F3N. The number of nitrogens with one attached hydrogen (secondary N) is 1. The van der Waals surface area contributed by atoms with Crippen LogP contribution in [0.1, 0.15) is 5.56 Å². The number of fused-ring (bicyclic) bond motifs is 1. The van der Waals surface area contributed by atoms with Crippen molar-refractivity contribution in [1.29, 1.82) is 0 Å². The van der Waals surface area contributed by atoms with Gasteiger partial charge in [0, 0.05) is 22.2 Å². The zero-order valence-electron chi connectivity index (χ0n) is 9.83. The molecule has 0 saturated carbocycles. The van der Waals surface area contributed by atoms with Crippen molar-refractivity contribution in [2.24, 2.45) is 0 Å². The number of para-hydroxylation sites is 1. The summed E-state index contributed by atoms with van der Waals surface area (Å²) in [5.41, 5.74) is 0.858. The largest absolute Gasteiger partial charge is 0.417 e. The number of aromatic amines is 1. The first kappa shape index (κ1) is 11.8. The number of rotatable bonds is 1. The first-order valence-corrected chi connectivity index (χ1v) is 5.80. The summed E-state index contributed by atoms with van der Waals surface area (Å²) < 4.78 is 38.9. The van der Waals surface area contributed by atoms with Crippen LogP contribution in [-0.4, -0.2) is 4.98 Å². The van der Waals surface area contributed by atoms with E-state index in [9.17, 15) is 13.2 Å². The van der Waals surface area contributed by atoms with E-state index in [4.69, 9.17) is 0 Å². The van der Waals surface area contributed by atoms with Gasteiger partial charge in [0.25, 0.3) is 0 Å². The molecule has 0 aliphatic carbocycles. The number of aromatic nitrogens is 1. The Labute approximate surface area is 107 Å². The van der Waals surface area contributed by atoms with E-state index in [1.807, 2.05) is 24.3 Å². The smallest absolute Gasteiger partial charge is 0.355 e. The van der Waals surface area contributed by atoms with Crippen molar-refractivity contribution < 1.29 is 13.2 Å². The van der Waals surface area contributed by atoms with Crippen LogP contribution in [0.5, 0.6) is 0 Å². The molecule has 2 aromatic carbocycles. The van der Waals surface area contributed by atoms with Gasteiger partial charge in [0.05, 0.1) is 5.56 Å². The summed E-state index contributed by atoms with van der Waals surface area (Å²) in [5.74, 6) is 0. The highest BCUT2D eigenvalue weighted by molar-refractivity contribution is 5.86. The predicted octanol–water partition coefficient (Wildman–Crippen LogP) is 4.85. The predicted molar refractivity (Wildman–Crippen MR) is 68.7 cm³/mol. The Morgan fingerprint density at radius 2 is 1.53 bits per heavy atom. The highest BCUT2D eigenvalue weighted by Crippen LogP contribution is 2.37. The van der Waals surface area contributed by atoms with Crippen LogP contribution in [0.15, 0.2) is 54.6 Å². The summed E-state index contributed by atoms with van der Waals surface area (Å²) in [6.07, 6.45) is -4.35. The van der Waals surface area contributed by atoms with E-state index >= 15 is 0 Å². The third-order valence-corrected chi connectivity index (χ3v) is 3.05. The average Bonchev–Trinajstić information content (AvgIpc) is 2.81. The Morgan fingerprint density at radius 1 is 0.842 bits per heavy atom. The molecule has 0 amide bonds. The maximum Gasteiger partial charge on any atom is 0.417 e. The SMILES string of the molecule is FC(F)(F)c1ccccc1-c1cc2ccccc2[nH]1. The van der Waals surface area contributed by atoms with E-state index in [2.05, 4.69) is 4.98 Å². The molecule has 0 spiro atoms. The molecule has 0 aliphatic heterocycles. The molecular weight excluding hydrogens is 251 g/mol. The van der Waals surface area contributed by atoms with E-state index in [0.29, 0.717) is 5.69 Å². The second kappa shape index (κ2) is 4.16. The average molecular weight is 261 g/mol. The van der Waals surface area contributed by atoms with Crippen LogP contribution < -0.4 is 0 Å². The standard InChI is InChI=1S/C15H10F3N/c16-15(17,18)12-7-3-2-6-11(12)14-9-10-5-1-4-8-13(10)19-14/h1-9,19H. The van der Waals surface area contributed by atoms with Crippen molar-refractivity contribution in [2.45, 2.75) is 6.18 Å². The van der Waals surface area contributed by atoms with E-state index in [-0.39, 0.29) is 5.56 Å². The molecule has 0 saturated heterocycles. The topological polar surface area (TPSA) is 15.8 Å². The molecule has 19 heavy (non-hydrogen) atoms. The molecule has 1 aromatic heterocycles. The third kappa shape index (κ3) is 2.10. The summed E-state index contributed by atoms with van der Waals surface area (Å²) in [6.45, 7) is 0. The minimum atomic E-state index is -4.35. The van der Waals surface area contributed by atoms with Gasteiger partial charge in [-0.2, -0.15) is 13.2 Å². The molecule has 0 atom stereocenters. The summed E-state index contributed by atoms with van der Waals surface area (Å²) >= 11 is 0. The van der Waals surface area contributed by atoms with E-state index in [0.717, 1.165) is 17.0 Å². The first-order chi connectivity index (χ1) is 9.05. The Hall–Kier alpha value is -2.23. The molecule has 1 heterocycles. The first-order valence-electron chi connectivity index (χ1n) is 5.80. The fourth-order valence-electron chi connectivity index (χ4n) is 2.18. The van der Waals surface area contributed by atoms with Gasteiger partial charge in [0.2, 0.25) is 0 Å². The molecule has 1 N–H and O–H groups in total. The van der Waals surface area contributed by atoms with Crippen LogP contribution in [0.4, 0.5) is 13.2 Å². The number of alkyl halides is 3. The third-order valence-electron chi connectivity index (χ3n) is 3.05. The Kier molecular flexibility index (Phi) is 2.59. The second-order valence-electron chi connectivity index (χ2n) is 4.31. The molecule has 0 aliphatic rings. The van der Waals surface area contributed by atoms with Gasteiger partial charge in [-0.1, -0.05) is 36.4 Å². The van der Waals surface area contributed by atoms with Crippen LogP contribution in [0.25, 0.3) is 22.2 Å². The van der Waals surface area contributed by atoms with Crippen molar-refractivity contribution in [2.75, 3.05) is 0 Å². The minimum absolute atomic E-state index is 0.172. The number of hydrogen-bond acceptors (Lipinski definition) is 0. The van der Waals surface area contributed by atoms with Gasteiger partial charge in [0.15, 0.2) is 0 Å². The lowest BCUT2D eigenvalue weighted by Crippen LogP contribution is -2.06. The summed E-state index contributed by atoms with van der Waals surface area (Å²) in [5, 5.41) is 0.898. The minimum Gasteiger partial charge on any atom is -0.355 e. The molecule has 3 aromatic rings. The maximum absolute atomic E-state index is 13.0. The second-order valence-corrected chi connectivity index (χ2v) is 4.31. The quantitative estimate of drug-likeness (QED) is 0.644. The van der Waals surface area contributed by atoms with Crippen molar-refractivity contribution in [3.05, 3.63) is 60.2 Å². The number of hydrogen-bond donors (Lipinski definition) is 1. The van der Waals surface area contributed by atoms with Gasteiger partial charge in [-0.3, -0.25) is 0 Å². The lowest BCUT2D eigenvalue weighted by molar-refractivity contribution is -0.137. The number of H-pyrrole nitrogens is 1. The van der Waals surface area contributed by atoms with E-state index in [1.165, 1.54) is 12.1 Å². The summed E-state index contributed by atoms with van der Waals surface area (Å²) in [6, 6.07) is 14.7. The number of halogens is 3. The van der Waals surface area contributed by atoms with Crippen molar-refractivity contribution >= 4 is 10.9 Å². The Morgan fingerprint density at radius 3 is 2.26 bits per heavy atom. The van der Waals surface area contributed by atoms with E-state index < -0.39 is 11.7 Å². The lowest BCUT2D eigenvalue weighted by Gasteiger charge is -2.11. The monoisotopic (exact) mass is 261 g/mol. The number of benzene rings is 2. The molecule has 96 valence electrons. The van der Waals surface area contributed by atoms with Crippen LogP contribution in [0.3, 0.4) is 0 Å². The normalized spacial score (nSPS) is 11.9. The van der Waals surface area contributed by atoms with Crippen LogP contribution in [0, 0.1) is 0 Å². The van der Waals surface area contributed by atoms with Crippen LogP contribution in [0.2, 0.25) is 0 Å². The molecule has 0 unspecified atom stereocenters. The molecule has 0 radical (unpaired) electrons. The molecule has 1 nitrogen and oxygen atoms in total. The Bertz CT molecular complexity index is 692. The lowest BCUT2D eigenvalue weighted by atomic mass is 10.0. The van der Waals surface area contributed by atoms with Crippen molar-refractivity contribution in [3.8, 4) is 11.3 Å². The maximum atomic E-state index is 13.0. The fourth-order valence-corrected chi connectivity index (χ4v) is 2.18. The molecule has 3 rings (SSSR count). The molecule has 0 fully saturated rings. The summed E-state index contributed by atoms with van der Waals surface area (Å²) in [4.78, 5) is 3.02. The highest BCUT2D eigenvalue weighted by atomic mass is 19.4. The Balaban J connectivity index is 2.22. The fraction of sp³-hybridized carbons (Fsp3) is 0.0667. The molecule has 4 heteroatoms. The van der Waals surface area contributed by atoms with Crippen molar-refractivity contribution in [3.63, 3.8) is 0 Å². The van der Waals surface area contributed by atoms with Gasteiger partial charge in [-0.25, -0.2) is 0 Å². The van der Waals surface area contributed by atoms with Gasteiger partial charge in [0.1, 0.15) is 0 Å². The van der Waals surface area contributed by atoms with Gasteiger partial charge in [-0.05, 0) is 18.2 Å². The highest BCUT2D eigenvalue weighted by Gasteiger charge is 2.33. The zero-order chi connectivity index (χ0) is 13.5. The summed E-state index contributed by atoms with van der Waals surface area (Å²) in [7, 11) is 0. The molecule has 0 bridgehead atoms.